The lowest BCUT2D eigenvalue weighted by molar-refractivity contribution is -0.120. The lowest BCUT2D eigenvalue weighted by Crippen LogP contribution is -2.24. The molecule has 2 aromatic rings. The first-order valence-electron chi connectivity index (χ1n) is 7.08. The monoisotopic (exact) mass is 304 g/mol. The van der Waals surface area contributed by atoms with Crippen molar-refractivity contribution in [2.24, 2.45) is 5.92 Å². The van der Waals surface area contributed by atoms with E-state index in [-0.39, 0.29) is 17.4 Å². The first-order valence-corrected chi connectivity index (χ1v) is 7.90. The number of anilines is 1. The zero-order chi connectivity index (χ0) is 14.8. The van der Waals surface area contributed by atoms with Gasteiger partial charge < -0.3 is 10.4 Å². The van der Waals surface area contributed by atoms with Crippen LogP contribution in [-0.4, -0.2) is 22.0 Å². The molecule has 0 aliphatic heterocycles. The fourth-order valence-corrected chi connectivity index (χ4v) is 3.59. The molecule has 0 saturated heterocycles. The van der Waals surface area contributed by atoms with Crippen LogP contribution in [0.3, 0.4) is 0 Å². The highest BCUT2D eigenvalue weighted by molar-refractivity contribution is 7.22. The molecule has 2 N–H and O–H groups in total. The number of aromatic carboxylic acids is 1. The van der Waals surface area contributed by atoms with E-state index >= 15 is 0 Å². The van der Waals surface area contributed by atoms with Gasteiger partial charge in [0.1, 0.15) is 0 Å². The predicted octanol–water partition coefficient (Wildman–Crippen LogP) is 3.51. The third-order valence-electron chi connectivity index (χ3n) is 3.84. The van der Waals surface area contributed by atoms with Crippen LogP contribution in [0.1, 0.15) is 42.5 Å². The number of rotatable bonds is 3. The van der Waals surface area contributed by atoms with Gasteiger partial charge in [-0.25, -0.2) is 9.78 Å². The molecule has 1 aromatic heterocycles. The number of carboxylic acid groups (broad SMARTS) is 1. The van der Waals surface area contributed by atoms with Crippen LogP contribution in [0.2, 0.25) is 0 Å². The smallest absolute Gasteiger partial charge is 0.335 e. The SMILES string of the molecule is O=C(O)c1ccc2nc(NC(=O)C3CCCCC3)sc2c1. The van der Waals surface area contributed by atoms with Gasteiger partial charge in [0.05, 0.1) is 15.8 Å². The van der Waals surface area contributed by atoms with Crippen molar-refractivity contribution >= 4 is 38.6 Å². The van der Waals surface area contributed by atoms with Crippen molar-refractivity contribution in [3.8, 4) is 0 Å². The van der Waals surface area contributed by atoms with Gasteiger partial charge in [0.2, 0.25) is 5.91 Å². The van der Waals surface area contributed by atoms with E-state index < -0.39 is 5.97 Å². The number of hydrogen-bond acceptors (Lipinski definition) is 4. The maximum absolute atomic E-state index is 12.2. The Morgan fingerprint density at radius 2 is 2.00 bits per heavy atom. The molecule has 1 aliphatic rings. The number of benzene rings is 1. The van der Waals surface area contributed by atoms with Crippen molar-refractivity contribution in [2.75, 3.05) is 5.32 Å². The fraction of sp³-hybridized carbons (Fsp3) is 0.400. The van der Waals surface area contributed by atoms with Crippen LogP contribution in [0.25, 0.3) is 10.2 Å². The van der Waals surface area contributed by atoms with Crippen LogP contribution in [0.4, 0.5) is 5.13 Å². The lowest BCUT2D eigenvalue weighted by atomic mass is 9.89. The highest BCUT2D eigenvalue weighted by atomic mass is 32.1. The highest BCUT2D eigenvalue weighted by Gasteiger charge is 2.22. The molecule has 110 valence electrons. The maximum Gasteiger partial charge on any atom is 0.335 e. The second-order valence-electron chi connectivity index (χ2n) is 5.33. The summed E-state index contributed by atoms with van der Waals surface area (Å²) < 4.78 is 0.772. The number of carbonyl (C=O) groups is 2. The van der Waals surface area contributed by atoms with E-state index in [0.29, 0.717) is 10.6 Å². The van der Waals surface area contributed by atoms with Crippen molar-refractivity contribution in [2.45, 2.75) is 32.1 Å². The van der Waals surface area contributed by atoms with E-state index in [1.54, 1.807) is 12.1 Å². The molecule has 6 heteroatoms. The molecule has 0 atom stereocenters. The lowest BCUT2D eigenvalue weighted by Gasteiger charge is -2.19. The van der Waals surface area contributed by atoms with Gasteiger partial charge >= 0.3 is 5.97 Å². The number of aromatic nitrogens is 1. The minimum atomic E-state index is -0.960. The topological polar surface area (TPSA) is 79.3 Å². The van der Waals surface area contributed by atoms with Gasteiger partial charge in [0.15, 0.2) is 5.13 Å². The van der Waals surface area contributed by atoms with Crippen molar-refractivity contribution in [3.63, 3.8) is 0 Å². The predicted molar refractivity (Wildman–Crippen MR) is 81.8 cm³/mol. The van der Waals surface area contributed by atoms with Crippen molar-refractivity contribution in [1.82, 2.24) is 4.98 Å². The molecule has 0 unspecified atom stereocenters. The summed E-state index contributed by atoms with van der Waals surface area (Å²) in [6, 6.07) is 4.79. The summed E-state index contributed by atoms with van der Waals surface area (Å²) in [5, 5.41) is 12.4. The Morgan fingerprint density at radius 1 is 1.24 bits per heavy atom. The number of nitrogens with one attached hydrogen (secondary N) is 1. The summed E-state index contributed by atoms with van der Waals surface area (Å²) in [5.41, 5.74) is 0.945. The summed E-state index contributed by atoms with van der Waals surface area (Å²) in [7, 11) is 0. The van der Waals surface area contributed by atoms with Crippen molar-refractivity contribution < 1.29 is 14.7 Å². The Morgan fingerprint density at radius 3 is 2.71 bits per heavy atom. The molecule has 3 rings (SSSR count). The van der Waals surface area contributed by atoms with E-state index in [1.807, 2.05) is 0 Å². The second kappa shape index (κ2) is 5.81. The van der Waals surface area contributed by atoms with Crippen LogP contribution in [-0.2, 0) is 4.79 Å². The molecule has 0 spiro atoms. The maximum atomic E-state index is 12.2. The van der Waals surface area contributed by atoms with Gasteiger partial charge in [-0.1, -0.05) is 30.6 Å². The molecule has 1 saturated carbocycles. The number of nitrogens with zero attached hydrogens (tertiary/aromatic N) is 1. The second-order valence-corrected chi connectivity index (χ2v) is 6.36. The zero-order valence-electron chi connectivity index (χ0n) is 11.5. The van der Waals surface area contributed by atoms with Gasteiger partial charge in [-0.05, 0) is 31.0 Å². The molecule has 0 radical (unpaired) electrons. The molecule has 1 fully saturated rings. The molecule has 1 aliphatic carbocycles. The van der Waals surface area contributed by atoms with Crippen molar-refractivity contribution in [1.29, 1.82) is 0 Å². The van der Waals surface area contributed by atoms with E-state index in [0.717, 1.165) is 30.4 Å². The Labute approximate surface area is 126 Å². The molecule has 5 nitrogen and oxygen atoms in total. The summed E-state index contributed by atoms with van der Waals surface area (Å²) in [5.74, 6) is -0.842. The standard InChI is InChI=1S/C15H16N2O3S/c18-13(9-4-2-1-3-5-9)17-15-16-11-7-6-10(14(19)20)8-12(11)21-15/h6-9H,1-5H2,(H,19,20)(H,16,17,18). The number of carboxylic acids is 1. The average Bonchev–Trinajstić information content (AvgIpc) is 2.89. The first kappa shape index (κ1) is 14.0. The van der Waals surface area contributed by atoms with E-state index in [9.17, 15) is 9.59 Å². The number of hydrogen-bond donors (Lipinski definition) is 2. The van der Waals surface area contributed by atoms with E-state index in [4.69, 9.17) is 5.11 Å². The van der Waals surface area contributed by atoms with Gasteiger partial charge in [-0.3, -0.25) is 4.79 Å². The van der Waals surface area contributed by atoms with Gasteiger partial charge in [0, 0.05) is 5.92 Å². The Bertz CT molecular complexity index is 689. The number of thiazole rings is 1. The zero-order valence-corrected chi connectivity index (χ0v) is 12.3. The minimum absolute atomic E-state index is 0.0345. The Kier molecular flexibility index (Phi) is 3.88. The molecule has 21 heavy (non-hydrogen) atoms. The van der Waals surface area contributed by atoms with Gasteiger partial charge in [-0.15, -0.1) is 0 Å². The fourth-order valence-electron chi connectivity index (χ4n) is 2.68. The molecule has 0 bridgehead atoms. The summed E-state index contributed by atoms with van der Waals surface area (Å²) in [4.78, 5) is 27.5. The van der Waals surface area contributed by atoms with Crippen LogP contribution in [0.5, 0.6) is 0 Å². The molecule has 1 heterocycles. The highest BCUT2D eigenvalue weighted by Crippen LogP contribution is 2.29. The third kappa shape index (κ3) is 3.05. The molecule has 1 amide bonds. The van der Waals surface area contributed by atoms with E-state index in [1.165, 1.54) is 23.8 Å². The summed E-state index contributed by atoms with van der Waals surface area (Å²) in [6.07, 6.45) is 5.32. The number of carbonyl (C=O) groups excluding carboxylic acids is 1. The summed E-state index contributed by atoms with van der Waals surface area (Å²) >= 11 is 1.31. The van der Waals surface area contributed by atoms with Crippen molar-refractivity contribution in [3.05, 3.63) is 23.8 Å². The minimum Gasteiger partial charge on any atom is -0.478 e. The van der Waals surface area contributed by atoms with Crippen LogP contribution in [0, 0.1) is 5.92 Å². The van der Waals surface area contributed by atoms with Gasteiger partial charge in [0.25, 0.3) is 0 Å². The average molecular weight is 304 g/mol. The third-order valence-corrected chi connectivity index (χ3v) is 4.78. The van der Waals surface area contributed by atoms with Crippen LogP contribution >= 0.6 is 11.3 Å². The van der Waals surface area contributed by atoms with Gasteiger partial charge in [-0.2, -0.15) is 0 Å². The van der Waals surface area contributed by atoms with Crippen LogP contribution in [0.15, 0.2) is 18.2 Å². The largest absolute Gasteiger partial charge is 0.478 e. The summed E-state index contributed by atoms with van der Waals surface area (Å²) in [6.45, 7) is 0. The molecular formula is C15H16N2O3S. The normalized spacial score (nSPS) is 16.0. The Hall–Kier alpha value is -1.95. The molecule has 1 aromatic carbocycles. The first-order chi connectivity index (χ1) is 10.1. The van der Waals surface area contributed by atoms with Crippen LogP contribution < -0.4 is 5.32 Å². The number of amides is 1. The molecular weight excluding hydrogens is 288 g/mol. The Balaban J connectivity index is 1.77. The quantitative estimate of drug-likeness (QED) is 0.909. The number of fused-ring (bicyclic) bond motifs is 1. The van der Waals surface area contributed by atoms with E-state index in [2.05, 4.69) is 10.3 Å².